The fraction of sp³-hybridized carbons (Fsp3) is 0.231. The highest BCUT2D eigenvalue weighted by Gasteiger charge is 2.14. The number of rotatable bonds is 11. The van der Waals surface area contributed by atoms with E-state index in [1.54, 1.807) is 47.4 Å². The molecule has 0 bridgehead atoms. The highest BCUT2D eigenvalue weighted by molar-refractivity contribution is 6.35. The molecule has 0 spiro atoms. The van der Waals surface area contributed by atoms with E-state index in [0.717, 1.165) is 5.56 Å². The van der Waals surface area contributed by atoms with Crippen molar-refractivity contribution in [2.75, 3.05) is 18.5 Å². The first-order valence-electron chi connectivity index (χ1n) is 11.3. The highest BCUT2D eigenvalue weighted by atomic mass is 35.5. The van der Waals surface area contributed by atoms with Crippen molar-refractivity contribution in [3.05, 3.63) is 88.1 Å². The van der Waals surface area contributed by atoms with Gasteiger partial charge in [-0.1, -0.05) is 29.3 Å². The van der Waals surface area contributed by atoms with Gasteiger partial charge in [0.05, 0.1) is 36.7 Å². The second kappa shape index (κ2) is 11.9. The summed E-state index contributed by atoms with van der Waals surface area (Å²) in [6.07, 6.45) is 3.32. The smallest absolute Gasteiger partial charge is 0.291 e. The van der Waals surface area contributed by atoms with Gasteiger partial charge in [-0.2, -0.15) is 5.10 Å². The summed E-state index contributed by atoms with van der Waals surface area (Å²) in [4.78, 5) is 12.6. The third-order valence-electron chi connectivity index (χ3n) is 4.99. The molecule has 0 aliphatic heterocycles. The summed E-state index contributed by atoms with van der Waals surface area (Å²) in [5.74, 6) is 2.09. The molecule has 0 radical (unpaired) electrons. The Morgan fingerprint density at radius 3 is 2.53 bits per heavy atom. The monoisotopic (exact) mass is 529 g/mol. The first-order chi connectivity index (χ1) is 17.4. The molecule has 1 N–H and O–H groups in total. The number of benzene rings is 2. The van der Waals surface area contributed by atoms with Crippen molar-refractivity contribution in [2.45, 2.75) is 27.0 Å². The van der Waals surface area contributed by atoms with E-state index in [1.807, 2.05) is 32.0 Å². The summed E-state index contributed by atoms with van der Waals surface area (Å²) in [6, 6.07) is 14.0. The van der Waals surface area contributed by atoms with E-state index in [1.165, 1.54) is 0 Å². The standard InChI is InChI=1S/C26H25Cl2N3O5/c1-3-33-23-8-5-17(11-25(23)34-4-2)14-31-15-19(13-29-31)30-26(32)24-10-7-20(36-24)16-35-22-9-6-18(27)12-21(22)28/h5-13,15H,3-4,14,16H2,1-2H3,(H,30,32). The van der Waals surface area contributed by atoms with Gasteiger partial charge in [0, 0.05) is 11.2 Å². The lowest BCUT2D eigenvalue weighted by Crippen LogP contribution is -2.10. The number of aromatic nitrogens is 2. The molecule has 0 saturated carbocycles. The zero-order valence-electron chi connectivity index (χ0n) is 19.8. The predicted molar refractivity (Wildman–Crippen MR) is 138 cm³/mol. The first-order valence-corrected chi connectivity index (χ1v) is 12.1. The molecule has 8 nitrogen and oxygen atoms in total. The summed E-state index contributed by atoms with van der Waals surface area (Å²) in [7, 11) is 0. The molecule has 0 atom stereocenters. The Hall–Kier alpha value is -3.62. The third kappa shape index (κ3) is 6.53. The van der Waals surface area contributed by atoms with Crippen molar-refractivity contribution < 1.29 is 23.4 Å². The molecule has 0 unspecified atom stereocenters. The van der Waals surface area contributed by atoms with Gasteiger partial charge in [-0.3, -0.25) is 9.48 Å². The van der Waals surface area contributed by atoms with Crippen LogP contribution in [0.15, 0.2) is 65.3 Å². The van der Waals surface area contributed by atoms with Crippen LogP contribution in [-0.4, -0.2) is 28.9 Å². The predicted octanol–water partition coefficient (Wildman–Crippen LogP) is 6.46. The normalized spacial score (nSPS) is 10.8. The molecular formula is C26H25Cl2N3O5. The summed E-state index contributed by atoms with van der Waals surface area (Å²) >= 11 is 12.0. The number of ether oxygens (including phenoxy) is 3. The summed E-state index contributed by atoms with van der Waals surface area (Å²) in [5.41, 5.74) is 1.53. The molecule has 0 fully saturated rings. The van der Waals surface area contributed by atoms with Crippen LogP contribution in [0.4, 0.5) is 5.69 Å². The molecule has 4 aromatic rings. The number of nitrogens with one attached hydrogen (secondary N) is 1. The fourth-order valence-electron chi connectivity index (χ4n) is 3.41. The lowest BCUT2D eigenvalue weighted by atomic mass is 10.2. The van der Waals surface area contributed by atoms with Crippen LogP contribution < -0.4 is 19.5 Å². The van der Waals surface area contributed by atoms with Crippen LogP contribution >= 0.6 is 23.2 Å². The Bertz CT molecular complexity index is 1330. The zero-order valence-corrected chi connectivity index (χ0v) is 21.3. The van der Waals surface area contributed by atoms with Crippen molar-refractivity contribution in [3.8, 4) is 17.2 Å². The molecular weight excluding hydrogens is 505 g/mol. The molecule has 0 saturated heterocycles. The number of amides is 1. The topological polar surface area (TPSA) is 87.8 Å². The average Bonchev–Trinajstić information content (AvgIpc) is 3.50. The van der Waals surface area contributed by atoms with Crippen LogP contribution in [-0.2, 0) is 13.2 Å². The maximum atomic E-state index is 12.6. The molecule has 36 heavy (non-hydrogen) atoms. The molecule has 2 heterocycles. The number of carbonyl (C=O) groups is 1. The van der Waals surface area contributed by atoms with Crippen molar-refractivity contribution in [2.24, 2.45) is 0 Å². The van der Waals surface area contributed by atoms with Crippen molar-refractivity contribution >= 4 is 34.8 Å². The van der Waals surface area contributed by atoms with Crippen LogP contribution in [0.2, 0.25) is 10.0 Å². The first kappa shape index (κ1) is 25.5. The van der Waals surface area contributed by atoms with Crippen molar-refractivity contribution in [1.29, 1.82) is 0 Å². The molecule has 2 aromatic heterocycles. The largest absolute Gasteiger partial charge is 0.490 e. The van der Waals surface area contributed by atoms with Gasteiger partial charge in [-0.25, -0.2) is 0 Å². The van der Waals surface area contributed by atoms with Gasteiger partial charge in [-0.15, -0.1) is 0 Å². The summed E-state index contributed by atoms with van der Waals surface area (Å²) in [5, 5.41) is 8.03. The second-order valence-electron chi connectivity index (χ2n) is 7.66. The molecule has 4 rings (SSSR count). The Morgan fingerprint density at radius 1 is 0.972 bits per heavy atom. The van der Waals surface area contributed by atoms with E-state index >= 15 is 0 Å². The Balaban J connectivity index is 1.34. The van der Waals surface area contributed by atoms with E-state index in [2.05, 4.69) is 10.4 Å². The van der Waals surface area contributed by atoms with E-state index in [-0.39, 0.29) is 12.4 Å². The number of hydrogen-bond donors (Lipinski definition) is 1. The second-order valence-corrected chi connectivity index (χ2v) is 8.50. The van der Waals surface area contributed by atoms with Gasteiger partial charge in [0.25, 0.3) is 5.91 Å². The lowest BCUT2D eigenvalue weighted by molar-refractivity contribution is 0.0992. The number of nitrogens with zero attached hydrogens (tertiary/aromatic N) is 2. The Labute approximate surface area is 218 Å². The maximum absolute atomic E-state index is 12.6. The van der Waals surface area contributed by atoms with Crippen LogP contribution in [0.1, 0.15) is 35.7 Å². The molecule has 0 aliphatic rings. The molecule has 10 heteroatoms. The van der Waals surface area contributed by atoms with Gasteiger partial charge in [0.1, 0.15) is 18.1 Å². The minimum atomic E-state index is -0.398. The van der Waals surface area contributed by atoms with Gasteiger partial charge < -0.3 is 23.9 Å². The lowest BCUT2D eigenvalue weighted by Gasteiger charge is -2.12. The van der Waals surface area contributed by atoms with Crippen LogP contribution in [0.25, 0.3) is 0 Å². The SMILES string of the molecule is CCOc1ccc(Cn2cc(NC(=O)c3ccc(COc4ccc(Cl)cc4Cl)o3)cn2)cc1OCC. The highest BCUT2D eigenvalue weighted by Crippen LogP contribution is 2.30. The average molecular weight is 530 g/mol. The van der Waals surface area contributed by atoms with Crippen LogP contribution in [0, 0.1) is 0 Å². The van der Waals surface area contributed by atoms with Crippen molar-refractivity contribution in [1.82, 2.24) is 9.78 Å². The molecule has 188 valence electrons. The number of halogens is 2. The van der Waals surface area contributed by atoms with Crippen molar-refractivity contribution in [3.63, 3.8) is 0 Å². The minimum Gasteiger partial charge on any atom is -0.490 e. The fourth-order valence-corrected chi connectivity index (χ4v) is 3.87. The van der Waals surface area contributed by atoms with Crippen LogP contribution in [0.3, 0.4) is 0 Å². The zero-order chi connectivity index (χ0) is 25.5. The van der Waals surface area contributed by atoms with Gasteiger partial charge in [-0.05, 0) is 61.9 Å². The summed E-state index contributed by atoms with van der Waals surface area (Å²) in [6.45, 7) is 5.56. The van der Waals surface area contributed by atoms with E-state index in [0.29, 0.717) is 58.5 Å². The van der Waals surface area contributed by atoms with E-state index < -0.39 is 5.91 Å². The molecule has 1 amide bonds. The van der Waals surface area contributed by atoms with E-state index in [9.17, 15) is 4.79 Å². The number of furan rings is 1. The van der Waals surface area contributed by atoms with Gasteiger partial charge in [0.15, 0.2) is 17.3 Å². The number of anilines is 1. The summed E-state index contributed by atoms with van der Waals surface area (Å²) < 4.78 is 24.3. The minimum absolute atomic E-state index is 0.110. The molecule has 2 aromatic carbocycles. The third-order valence-corrected chi connectivity index (χ3v) is 5.52. The van der Waals surface area contributed by atoms with Gasteiger partial charge in [0.2, 0.25) is 0 Å². The molecule has 0 aliphatic carbocycles. The number of carbonyl (C=O) groups excluding carboxylic acids is 1. The van der Waals surface area contributed by atoms with Gasteiger partial charge >= 0.3 is 0 Å². The number of hydrogen-bond acceptors (Lipinski definition) is 6. The Kier molecular flexibility index (Phi) is 8.40. The maximum Gasteiger partial charge on any atom is 0.291 e. The van der Waals surface area contributed by atoms with Crippen LogP contribution in [0.5, 0.6) is 17.2 Å². The quantitative estimate of drug-likeness (QED) is 0.240. The van der Waals surface area contributed by atoms with E-state index in [4.69, 9.17) is 41.8 Å². The Morgan fingerprint density at radius 2 is 1.75 bits per heavy atom.